The van der Waals surface area contributed by atoms with Gasteiger partial charge >= 0.3 is 0 Å². The fourth-order valence-electron chi connectivity index (χ4n) is 1.10. The summed E-state index contributed by atoms with van der Waals surface area (Å²) in [5.74, 6) is 0. The van der Waals surface area contributed by atoms with Gasteiger partial charge in [-0.1, -0.05) is 71.8 Å². The average Bonchev–Trinajstić information content (AvgIpc) is 2.37. The highest BCUT2D eigenvalue weighted by Crippen LogP contribution is 1.97. The van der Waals surface area contributed by atoms with Gasteiger partial charge in [0.2, 0.25) is 0 Å². The minimum absolute atomic E-state index is 0. The van der Waals surface area contributed by atoms with Gasteiger partial charge in [-0.15, -0.1) is 0 Å². The Balaban J connectivity index is -0.0000000282. The largest absolute Gasteiger partial charge is 0.382 e. The Bertz CT molecular complexity index is 111. The number of hydrogen-bond donors (Lipinski definition) is 0. The van der Waals surface area contributed by atoms with Crippen molar-refractivity contribution in [3.05, 3.63) is 0 Å². The second-order valence-corrected chi connectivity index (χ2v) is 3.89. The van der Waals surface area contributed by atoms with Gasteiger partial charge in [0, 0.05) is 26.9 Å². The van der Waals surface area contributed by atoms with Gasteiger partial charge in [-0.25, -0.2) is 0 Å². The van der Waals surface area contributed by atoms with Crippen molar-refractivity contribution in [2.45, 2.75) is 104 Å². The summed E-state index contributed by atoms with van der Waals surface area (Å²) in [6.45, 7) is 11.8. The molecule has 0 amide bonds. The summed E-state index contributed by atoms with van der Waals surface area (Å²) in [5.41, 5.74) is 0. The Morgan fingerprint density at radius 1 is 0.696 bits per heavy atom. The monoisotopic (exact) mass is 344 g/mol. The molecule has 0 aliphatic heterocycles. The van der Waals surface area contributed by atoms with E-state index in [0.29, 0.717) is 0 Å². The lowest BCUT2D eigenvalue weighted by Gasteiger charge is -2.12. The van der Waals surface area contributed by atoms with Crippen LogP contribution in [0.3, 0.4) is 0 Å². The summed E-state index contributed by atoms with van der Waals surface area (Å²) in [6, 6.07) is 0. The van der Waals surface area contributed by atoms with E-state index in [9.17, 15) is 0 Å². The molecule has 1 atom stereocenters. The number of rotatable bonds is 10. The Hall–Kier alpha value is -0.120. The van der Waals surface area contributed by atoms with E-state index in [1.165, 1.54) is 6.42 Å². The molecule has 154 valence electrons. The minimum Gasteiger partial charge on any atom is -0.382 e. The third-order valence-electron chi connectivity index (χ3n) is 2.29. The first kappa shape index (κ1) is 49.5. The zero-order valence-corrected chi connectivity index (χ0v) is 12.5. The van der Waals surface area contributed by atoms with Crippen molar-refractivity contribution in [3.8, 4) is 0 Å². The van der Waals surface area contributed by atoms with Crippen LogP contribution in [0, 0.1) is 0 Å². The molecule has 0 rings (SSSR count). The highest BCUT2D eigenvalue weighted by atomic mass is 16.5. The maximum atomic E-state index is 5.39. The highest BCUT2D eigenvalue weighted by Gasteiger charge is 2.02. The SMILES string of the molecule is C.C.C.C.C.C.CCCCOCC(CC)OC.CCCOCC. The Morgan fingerprint density at radius 3 is 1.48 bits per heavy atom. The standard InChI is InChI=1S/C9H20O2.C5H12O.6CH4/c1-4-6-7-11-8-9(5-2)10-3;1-3-5-6-4-2;;;;;;/h9H,4-8H2,1-3H3;3-5H2,1-2H3;6*1H4. The first-order valence-electron chi connectivity index (χ1n) is 6.94. The third-order valence-corrected chi connectivity index (χ3v) is 2.29. The van der Waals surface area contributed by atoms with Gasteiger partial charge in [0.05, 0.1) is 12.7 Å². The lowest BCUT2D eigenvalue weighted by Crippen LogP contribution is -2.17. The smallest absolute Gasteiger partial charge is 0.0802 e. The molecule has 0 saturated heterocycles. The van der Waals surface area contributed by atoms with E-state index in [2.05, 4.69) is 20.8 Å². The van der Waals surface area contributed by atoms with Gasteiger partial charge in [0.15, 0.2) is 0 Å². The van der Waals surface area contributed by atoms with Crippen molar-refractivity contribution in [2.75, 3.05) is 33.5 Å². The maximum absolute atomic E-state index is 5.39. The second-order valence-electron chi connectivity index (χ2n) is 3.89. The zero-order valence-electron chi connectivity index (χ0n) is 12.5. The molecule has 0 aromatic rings. The molecule has 0 aromatic heterocycles. The molecule has 3 nitrogen and oxygen atoms in total. The van der Waals surface area contributed by atoms with E-state index in [1.807, 2.05) is 6.92 Å². The molecular weight excluding hydrogens is 288 g/mol. The Labute approximate surface area is 152 Å². The lowest BCUT2D eigenvalue weighted by atomic mass is 10.3. The van der Waals surface area contributed by atoms with Crippen LogP contribution in [0.1, 0.15) is 97.9 Å². The van der Waals surface area contributed by atoms with Crippen LogP contribution in [-0.4, -0.2) is 39.6 Å². The van der Waals surface area contributed by atoms with Crippen molar-refractivity contribution in [3.63, 3.8) is 0 Å². The summed E-state index contributed by atoms with van der Waals surface area (Å²) in [5, 5.41) is 0. The van der Waals surface area contributed by atoms with Gasteiger partial charge in [-0.05, 0) is 26.2 Å². The Morgan fingerprint density at radius 2 is 1.22 bits per heavy atom. The van der Waals surface area contributed by atoms with E-state index in [1.54, 1.807) is 7.11 Å². The molecule has 23 heavy (non-hydrogen) atoms. The molecule has 0 fully saturated rings. The first-order chi connectivity index (χ1) is 8.26. The summed E-state index contributed by atoms with van der Waals surface area (Å²) in [6.07, 6.45) is 4.80. The van der Waals surface area contributed by atoms with Gasteiger partial charge < -0.3 is 14.2 Å². The normalized spacial score (nSPS) is 8.74. The summed E-state index contributed by atoms with van der Waals surface area (Å²) >= 11 is 0. The van der Waals surface area contributed by atoms with Crippen LogP contribution in [0.2, 0.25) is 0 Å². The molecule has 0 heterocycles. The third kappa shape index (κ3) is 52.1. The summed E-state index contributed by atoms with van der Waals surface area (Å²) in [4.78, 5) is 0. The fraction of sp³-hybridized carbons (Fsp3) is 1.00. The van der Waals surface area contributed by atoms with Crippen LogP contribution in [0.4, 0.5) is 0 Å². The van der Waals surface area contributed by atoms with E-state index in [-0.39, 0.29) is 50.7 Å². The molecule has 0 aliphatic rings. The van der Waals surface area contributed by atoms with Gasteiger partial charge in [-0.3, -0.25) is 0 Å². The van der Waals surface area contributed by atoms with Crippen LogP contribution in [0.25, 0.3) is 0 Å². The lowest BCUT2D eigenvalue weighted by molar-refractivity contribution is 0.00617. The van der Waals surface area contributed by atoms with E-state index >= 15 is 0 Å². The number of unbranched alkanes of at least 4 members (excludes halogenated alkanes) is 1. The van der Waals surface area contributed by atoms with Crippen LogP contribution in [-0.2, 0) is 14.2 Å². The predicted molar refractivity (Wildman–Crippen MR) is 114 cm³/mol. The molecule has 0 radical (unpaired) electrons. The molecule has 1 unspecified atom stereocenters. The van der Waals surface area contributed by atoms with Crippen LogP contribution in [0.5, 0.6) is 0 Å². The van der Waals surface area contributed by atoms with Crippen molar-refractivity contribution in [1.29, 1.82) is 0 Å². The molecular formula is C20H56O3. The molecule has 0 aliphatic carbocycles. The predicted octanol–water partition coefficient (Wildman–Crippen LogP) is 7.48. The van der Waals surface area contributed by atoms with Crippen molar-refractivity contribution >= 4 is 0 Å². The molecule has 0 spiro atoms. The number of methoxy groups -OCH3 is 1. The first-order valence-corrected chi connectivity index (χ1v) is 6.94. The zero-order chi connectivity index (χ0) is 13.4. The number of hydrogen-bond acceptors (Lipinski definition) is 3. The van der Waals surface area contributed by atoms with E-state index in [0.717, 1.165) is 45.7 Å². The molecule has 3 heteroatoms. The highest BCUT2D eigenvalue weighted by molar-refractivity contribution is 4.51. The van der Waals surface area contributed by atoms with E-state index in [4.69, 9.17) is 14.2 Å². The molecule has 0 aromatic carbocycles. The summed E-state index contributed by atoms with van der Waals surface area (Å²) < 4.78 is 15.5. The molecule has 0 N–H and O–H groups in total. The van der Waals surface area contributed by atoms with Crippen molar-refractivity contribution < 1.29 is 14.2 Å². The molecule has 0 saturated carbocycles. The van der Waals surface area contributed by atoms with Crippen LogP contribution in [0.15, 0.2) is 0 Å². The van der Waals surface area contributed by atoms with Gasteiger partial charge in [0.1, 0.15) is 0 Å². The fourth-order valence-corrected chi connectivity index (χ4v) is 1.10. The van der Waals surface area contributed by atoms with Crippen molar-refractivity contribution in [1.82, 2.24) is 0 Å². The number of ether oxygens (including phenoxy) is 3. The van der Waals surface area contributed by atoms with Gasteiger partial charge in [-0.2, -0.15) is 0 Å². The minimum atomic E-state index is 0. The second kappa shape index (κ2) is 49.5. The quantitative estimate of drug-likeness (QED) is 0.384. The average molecular weight is 345 g/mol. The molecule has 0 bridgehead atoms. The topological polar surface area (TPSA) is 27.7 Å². The van der Waals surface area contributed by atoms with Crippen LogP contribution < -0.4 is 0 Å². The Kier molecular flexibility index (Phi) is 106. The van der Waals surface area contributed by atoms with E-state index < -0.39 is 0 Å². The van der Waals surface area contributed by atoms with Crippen molar-refractivity contribution in [2.24, 2.45) is 0 Å². The summed E-state index contributed by atoms with van der Waals surface area (Å²) in [7, 11) is 1.73. The maximum Gasteiger partial charge on any atom is 0.0802 e. The van der Waals surface area contributed by atoms with Gasteiger partial charge in [0.25, 0.3) is 0 Å². The van der Waals surface area contributed by atoms with Crippen LogP contribution >= 0.6 is 0 Å².